The van der Waals surface area contributed by atoms with E-state index in [1.165, 1.54) is 0 Å². The van der Waals surface area contributed by atoms with E-state index in [0.29, 0.717) is 0 Å². The number of urea groups is 1. The molecular formula is C10H21N3O. The van der Waals surface area contributed by atoms with Gasteiger partial charge in [-0.2, -0.15) is 0 Å². The summed E-state index contributed by atoms with van der Waals surface area (Å²) in [6.45, 7) is 8.05. The van der Waals surface area contributed by atoms with Crippen molar-refractivity contribution in [3.63, 3.8) is 0 Å². The van der Waals surface area contributed by atoms with Crippen LogP contribution in [0.1, 0.15) is 40.5 Å². The van der Waals surface area contributed by atoms with Gasteiger partial charge in [-0.3, -0.25) is 0 Å². The molecule has 0 saturated carbocycles. The number of nitrogens with zero attached hydrogens (tertiary/aromatic N) is 1. The standard InChI is InChI=1S/C10H21N3O/c1-9(2)5-7(11)6-10(3,4)13(9)8(12)14/h7H,5-6,11H2,1-4H3,(H2,12,14). The lowest BCUT2D eigenvalue weighted by atomic mass is 9.77. The molecule has 0 atom stereocenters. The number of rotatable bonds is 0. The molecule has 2 amide bonds. The van der Waals surface area contributed by atoms with Crippen LogP contribution in [0.5, 0.6) is 0 Å². The first-order valence-electron chi connectivity index (χ1n) is 5.02. The number of piperidine rings is 1. The van der Waals surface area contributed by atoms with Gasteiger partial charge in [0.05, 0.1) is 0 Å². The van der Waals surface area contributed by atoms with Crippen LogP contribution in [0.3, 0.4) is 0 Å². The second kappa shape index (κ2) is 3.12. The second-order valence-electron chi connectivity index (χ2n) is 5.47. The fourth-order valence-corrected chi connectivity index (χ4v) is 2.95. The van der Waals surface area contributed by atoms with E-state index in [-0.39, 0.29) is 23.2 Å². The van der Waals surface area contributed by atoms with Gasteiger partial charge in [-0.25, -0.2) is 4.79 Å². The lowest BCUT2D eigenvalue weighted by Gasteiger charge is -2.53. The third-order valence-corrected chi connectivity index (χ3v) is 2.95. The summed E-state index contributed by atoms with van der Waals surface area (Å²) in [6, 6.07) is -0.206. The summed E-state index contributed by atoms with van der Waals surface area (Å²) in [6.07, 6.45) is 1.61. The minimum atomic E-state index is -0.355. The van der Waals surface area contributed by atoms with Gasteiger partial charge >= 0.3 is 6.03 Å². The van der Waals surface area contributed by atoms with Crippen molar-refractivity contribution in [1.82, 2.24) is 4.90 Å². The van der Waals surface area contributed by atoms with Gasteiger partial charge in [-0.1, -0.05) is 0 Å². The van der Waals surface area contributed by atoms with Gasteiger partial charge in [0.25, 0.3) is 0 Å². The highest BCUT2D eigenvalue weighted by Crippen LogP contribution is 2.37. The summed E-state index contributed by atoms with van der Waals surface area (Å²) >= 11 is 0. The van der Waals surface area contributed by atoms with E-state index >= 15 is 0 Å². The summed E-state index contributed by atoms with van der Waals surface area (Å²) in [5.74, 6) is 0. The highest BCUT2D eigenvalue weighted by molar-refractivity contribution is 5.74. The molecule has 4 heteroatoms. The van der Waals surface area contributed by atoms with Crippen LogP contribution < -0.4 is 11.5 Å². The van der Waals surface area contributed by atoms with Gasteiger partial charge in [-0.15, -0.1) is 0 Å². The molecule has 4 nitrogen and oxygen atoms in total. The van der Waals surface area contributed by atoms with Crippen molar-refractivity contribution in [2.24, 2.45) is 11.5 Å². The van der Waals surface area contributed by atoms with Gasteiger partial charge in [0.1, 0.15) is 0 Å². The van der Waals surface area contributed by atoms with E-state index in [4.69, 9.17) is 11.5 Å². The van der Waals surface area contributed by atoms with Crippen LogP contribution >= 0.6 is 0 Å². The number of hydrogen-bond donors (Lipinski definition) is 2. The molecule has 1 rings (SSSR count). The maximum Gasteiger partial charge on any atom is 0.315 e. The van der Waals surface area contributed by atoms with Crippen molar-refractivity contribution in [3.8, 4) is 0 Å². The number of nitrogens with two attached hydrogens (primary N) is 2. The van der Waals surface area contributed by atoms with Crippen molar-refractivity contribution < 1.29 is 4.79 Å². The maximum atomic E-state index is 11.4. The molecule has 0 aromatic heterocycles. The monoisotopic (exact) mass is 199 g/mol. The molecule has 0 unspecified atom stereocenters. The highest BCUT2D eigenvalue weighted by Gasteiger charge is 2.46. The van der Waals surface area contributed by atoms with Crippen LogP contribution in [-0.4, -0.2) is 28.1 Å². The lowest BCUT2D eigenvalue weighted by molar-refractivity contribution is 0.00688. The molecule has 1 fully saturated rings. The van der Waals surface area contributed by atoms with Crippen molar-refractivity contribution in [2.45, 2.75) is 57.7 Å². The zero-order valence-electron chi connectivity index (χ0n) is 9.50. The highest BCUT2D eigenvalue weighted by atomic mass is 16.2. The van der Waals surface area contributed by atoms with E-state index in [2.05, 4.69) is 0 Å². The number of hydrogen-bond acceptors (Lipinski definition) is 2. The SMILES string of the molecule is CC1(C)CC(N)CC(C)(C)N1C(N)=O. The molecule has 0 spiro atoms. The van der Waals surface area contributed by atoms with Gasteiger partial charge in [0.15, 0.2) is 0 Å². The second-order valence-corrected chi connectivity index (χ2v) is 5.47. The number of primary amides is 1. The zero-order chi connectivity index (χ0) is 11.1. The first kappa shape index (κ1) is 11.3. The van der Waals surface area contributed by atoms with E-state index in [9.17, 15) is 4.79 Å². The Labute approximate surface area is 85.6 Å². The molecule has 1 saturated heterocycles. The largest absolute Gasteiger partial charge is 0.351 e. The predicted octanol–water partition coefficient (Wildman–Crippen LogP) is 1.05. The summed E-state index contributed by atoms with van der Waals surface area (Å²) in [5, 5.41) is 0. The van der Waals surface area contributed by atoms with Crippen LogP contribution in [0.15, 0.2) is 0 Å². The maximum absolute atomic E-state index is 11.4. The zero-order valence-corrected chi connectivity index (χ0v) is 9.50. The van der Waals surface area contributed by atoms with Crippen LogP contribution in [0.4, 0.5) is 4.79 Å². The molecule has 0 aromatic carbocycles. The minimum absolute atomic E-state index is 0.149. The summed E-state index contributed by atoms with van der Waals surface area (Å²) in [5.41, 5.74) is 10.9. The van der Waals surface area contributed by atoms with Crippen molar-refractivity contribution in [3.05, 3.63) is 0 Å². The Bertz CT molecular complexity index is 230. The molecular weight excluding hydrogens is 178 g/mol. The van der Waals surface area contributed by atoms with Crippen LogP contribution in [0.25, 0.3) is 0 Å². The topological polar surface area (TPSA) is 72.3 Å². The Kier molecular flexibility index (Phi) is 2.52. The smallest absolute Gasteiger partial charge is 0.315 e. The third kappa shape index (κ3) is 1.85. The van der Waals surface area contributed by atoms with E-state index < -0.39 is 0 Å². The van der Waals surface area contributed by atoms with Gasteiger partial charge in [0, 0.05) is 17.1 Å². The molecule has 1 aliphatic rings. The molecule has 4 N–H and O–H groups in total. The lowest BCUT2D eigenvalue weighted by Crippen LogP contribution is -2.66. The molecule has 1 aliphatic heterocycles. The predicted molar refractivity (Wildman–Crippen MR) is 56.8 cm³/mol. The molecule has 1 heterocycles. The van der Waals surface area contributed by atoms with Crippen molar-refractivity contribution in [1.29, 1.82) is 0 Å². The normalized spacial score (nSPS) is 26.2. The Morgan fingerprint density at radius 1 is 1.21 bits per heavy atom. The average Bonchev–Trinajstić information content (AvgIpc) is 1.75. The molecule has 0 aromatic rings. The first-order valence-corrected chi connectivity index (χ1v) is 5.02. The van der Waals surface area contributed by atoms with Crippen LogP contribution in [0.2, 0.25) is 0 Å². The Hall–Kier alpha value is -0.770. The molecule has 0 bridgehead atoms. The first-order chi connectivity index (χ1) is 6.17. The van der Waals surface area contributed by atoms with E-state index in [1.807, 2.05) is 27.7 Å². The molecule has 82 valence electrons. The Morgan fingerprint density at radius 2 is 1.57 bits per heavy atom. The van der Waals surface area contributed by atoms with E-state index in [1.54, 1.807) is 4.90 Å². The quantitative estimate of drug-likeness (QED) is 0.612. The summed E-state index contributed by atoms with van der Waals surface area (Å²) in [4.78, 5) is 13.2. The van der Waals surface area contributed by atoms with Crippen molar-refractivity contribution >= 4 is 6.03 Å². The Morgan fingerprint density at radius 3 is 1.86 bits per heavy atom. The average molecular weight is 199 g/mol. The number of amides is 2. The molecule has 0 aliphatic carbocycles. The number of carbonyl (C=O) groups is 1. The molecule has 0 radical (unpaired) electrons. The van der Waals surface area contributed by atoms with Gasteiger partial charge in [0.2, 0.25) is 0 Å². The summed E-state index contributed by atoms with van der Waals surface area (Å²) in [7, 11) is 0. The fraction of sp³-hybridized carbons (Fsp3) is 0.900. The van der Waals surface area contributed by atoms with Gasteiger partial charge in [-0.05, 0) is 40.5 Å². The third-order valence-electron chi connectivity index (χ3n) is 2.95. The Balaban J connectivity index is 3.03. The molecule has 14 heavy (non-hydrogen) atoms. The fourth-order valence-electron chi connectivity index (χ4n) is 2.95. The van der Waals surface area contributed by atoms with Gasteiger partial charge < -0.3 is 16.4 Å². The summed E-state index contributed by atoms with van der Waals surface area (Å²) < 4.78 is 0. The number of carbonyl (C=O) groups excluding carboxylic acids is 1. The van der Waals surface area contributed by atoms with Crippen LogP contribution in [-0.2, 0) is 0 Å². The van der Waals surface area contributed by atoms with E-state index in [0.717, 1.165) is 12.8 Å². The van der Waals surface area contributed by atoms with Crippen molar-refractivity contribution in [2.75, 3.05) is 0 Å². The van der Waals surface area contributed by atoms with Crippen LogP contribution in [0, 0.1) is 0 Å². The number of likely N-dealkylation sites (tertiary alicyclic amines) is 1. The minimum Gasteiger partial charge on any atom is -0.351 e.